The van der Waals surface area contributed by atoms with E-state index in [4.69, 9.17) is 4.74 Å². The van der Waals surface area contributed by atoms with Gasteiger partial charge in [-0.05, 0) is 6.07 Å². The summed E-state index contributed by atoms with van der Waals surface area (Å²) in [7, 11) is 1.29. The number of ether oxygens (including phenoxy) is 2. The van der Waals surface area contributed by atoms with Crippen LogP contribution in [0.2, 0.25) is 0 Å². The maximum atomic E-state index is 13.5. The van der Waals surface area contributed by atoms with Crippen LogP contribution < -0.4 is 15.0 Å². The zero-order valence-electron chi connectivity index (χ0n) is 14.4. The van der Waals surface area contributed by atoms with Gasteiger partial charge in [-0.3, -0.25) is 9.20 Å². The predicted octanol–water partition coefficient (Wildman–Crippen LogP) is 3.12. The van der Waals surface area contributed by atoms with Crippen molar-refractivity contribution in [3.05, 3.63) is 46.8 Å². The minimum atomic E-state index is -5.00. The van der Waals surface area contributed by atoms with Gasteiger partial charge >= 0.3 is 18.4 Å². The highest BCUT2D eigenvalue weighted by molar-refractivity contribution is 5.66. The van der Waals surface area contributed by atoms with Crippen LogP contribution in [0.5, 0.6) is 11.8 Å². The highest BCUT2D eigenvalue weighted by Crippen LogP contribution is 2.34. The summed E-state index contributed by atoms with van der Waals surface area (Å²) in [5, 5.41) is 0. The molecule has 0 N–H and O–H groups in total. The Balaban J connectivity index is 2.13. The fourth-order valence-electron chi connectivity index (χ4n) is 2.38. The van der Waals surface area contributed by atoms with Crippen LogP contribution in [-0.4, -0.2) is 39.2 Å². The number of halogens is 6. The molecule has 0 aliphatic carbocycles. The van der Waals surface area contributed by atoms with Gasteiger partial charge in [-0.15, -0.1) is 0 Å². The lowest BCUT2D eigenvalue weighted by Gasteiger charge is -2.14. The third kappa shape index (κ3) is 4.38. The lowest BCUT2D eigenvalue weighted by molar-refractivity contribution is -0.154. The van der Waals surface area contributed by atoms with Crippen LogP contribution in [0.3, 0.4) is 0 Å². The molecule has 0 fully saturated rings. The third-order valence-corrected chi connectivity index (χ3v) is 3.59. The van der Waals surface area contributed by atoms with Crippen LogP contribution in [0.1, 0.15) is 5.69 Å². The molecule has 29 heavy (non-hydrogen) atoms. The van der Waals surface area contributed by atoms with Crippen LogP contribution in [0.15, 0.2) is 35.5 Å². The number of pyridine rings is 1. The van der Waals surface area contributed by atoms with Gasteiger partial charge in [-0.25, -0.2) is 15.0 Å². The minimum Gasteiger partial charge on any atom is -0.497 e. The Morgan fingerprint density at radius 3 is 2.31 bits per heavy atom. The quantitative estimate of drug-likeness (QED) is 0.604. The van der Waals surface area contributed by atoms with Crippen LogP contribution in [0, 0.1) is 0 Å². The summed E-state index contributed by atoms with van der Waals surface area (Å²) >= 11 is 0. The van der Waals surface area contributed by atoms with Crippen LogP contribution >= 0.6 is 0 Å². The van der Waals surface area contributed by atoms with Crippen molar-refractivity contribution in [3.8, 4) is 22.9 Å². The molecule has 3 heterocycles. The second kappa shape index (κ2) is 7.22. The summed E-state index contributed by atoms with van der Waals surface area (Å²) in [5.74, 6) is 0.187. The van der Waals surface area contributed by atoms with Crippen molar-refractivity contribution in [3.63, 3.8) is 0 Å². The average Bonchev–Trinajstić information content (AvgIpc) is 2.65. The summed E-state index contributed by atoms with van der Waals surface area (Å²) in [6.45, 7) is -1.68. The van der Waals surface area contributed by atoms with Gasteiger partial charge in [0.25, 0.3) is 5.56 Å². The van der Waals surface area contributed by atoms with Gasteiger partial charge in [0.05, 0.1) is 12.7 Å². The molecule has 0 spiro atoms. The van der Waals surface area contributed by atoms with Crippen molar-refractivity contribution in [2.24, 2.45) is 0 Å². The fraction of sp³-hybridized carbons (Fsp3) is 0.250. The maximum Gasteiger partial charge on any atom is 0.434 e. The first-order valence-corrected chi connectivity index (χ1v) is 7.69. The second-order valence-electron chi connectivity index (χ2n) is 5.59. The van der Waals surface area contributed by atoms with Crippen molar-refractivity contribution >= 4 is 5.65 Å². The van der Waals surface area contributed by atoms with E-state index in [-0.39, 0.29) is 17.0 Å². The molecule has 0 atom stereocenters. The summed E-state index contributed by atoms with van der Waals surface area (Å²) in [6, 6.07) is 1.78. The smallest absolute Gasteiger partial charge is 0.434 e. The molecule has 0 aromatic carbocycles. The molecule has 0 unspecified atom stereocenters. The lowest BCUT2D eigenvalue weighted by Crippen LogP contribution is -2.24. The number of methoxy groups -OCH3 is 1. The van der Waals surface area contributed by atoms with E-state index in [1.54, 1.807) is 0 Å². The zero-order valence-corrected chi connectivity index (χ0v) is 14.4. The molecule has 0 saturated carbocycles. The van der Waals surface area contributed by atoms with Gasteiger partial charge in [0.2, 0.25) is 0 Å². The fourth-order valence-corrected chi connectivity index (χ4v) is 2.38. The zero-order chi connectivity index (χ0) is 21.4. The Morgan fingerprint density at radius 1 is 1.10 bits per heavy atom. The van der Waals surface area contributed by atoms with Gasteiger partial charge < -0.3 is 9.47 Å². The first-order chi connectivity index (χ1) is 13.5. The Kier molecular flexibility index (Phi) is 5.07. The number of fused-ring (bicyclic) bond motifs is 1. The van der Waals surface area contributed by atoms with E-state index in [1.807, 2.05) is 0 Å². The van der Waals surface area contributed by atoms with Gasteiger partial charge in [-0.2, -0.15) is 26.3 Å². The number of alkyl halides is 6. The van der Waals surface area contributed by atoms with Gasteiger partial charge in [0.15, 0.2) is 12.3 Å². The normalized spacial score (nSPS) is 12.2. The van der Waals surface area contributed by atoms with Crippen molar-refractivity contribution in [1.82, 2.24) is 19.4 Å². The van der Waals surface area contributed by atoms with E-state index in [0.717, 1.165) is 22.9 Å². The molecular weight excluding hydrogens is 410 g/mol. The Hall–Kier alpha value is -3.38. The van der Waals surface area contributed by atoms with Crippen LogP contribution in [-0.2, 0) is 6.18 Å². The third-order valence-electron chi connectivity index (χ3n) is 3.59. The summed E-state index contributed by atoms with van der Waals surface area (Å²) in [4.78, 5) is 23.1. The molecule has 3 rings (SSSR count). The van der Waals surface area contributed by atoms with E-state index in [9.17, 15) is 31.1 Å². The Labute approximate surface area is 157 Å². The number of aromatic nitrogens is 4. The van der Waals surface area contributed by atoms with Gasteiger partial charge in [0, 0.05) is 30.2 Å². The van der Waals surface area contributed by atoms with Crippen LogP contribution in [0.25, 0.3) is 16.8 Å². The van der Waals surface area contributed by atoms with Gasteiger partial charge in [0.1, 0.15) is 11.4 Å². The monoisotopic (exact) mass is 420 g/mol. The SMILES string of the molecule is COc1ccn2c(=O)c(-c3cnc(OCC(F)(F)F)nc3)c(C(F)(F)F)nc2c1. The summed E-state index contributed by atoms with van der Waals surface area (Å²) < 4.78 is 87.1. The molecular formula is C16H10F6N4O3. The minimum absolute atomic E-state index is 0.187. The molecule has 0 amide bonds. The number of hydrogen-bond donors (Lipinski definition) is 0. The Bertz CT molecular complexity index is 1090. The molecule has 3 aromatic heterocycles. The van der Waals surface area contributed by atoms with Crippen molar-refractivity contribution in [2.75, 3.05) is 13.7 Å². The molecule has 154 valence electrons. The van der Waals surface area contributed by atoms with Crippen molar-refractivity contribution in [2.45, 2.75) is 12.4 Å². The number of rotatable bonds is 4. The van der Waals surface area contributed by atoms with E-state index in [1.165, 1.54) is 19.4 Å². The standard InChI is InChI=1S/C16H10F6N4O3/c1-28-9-2-3-26-10(4-9)25-12(16(20,21)22)11(13(26)27)8-5-23-14(24-6-8)29-7-15(17,18)19/h2-6H,7H2,1H3. The highest BCUT2D eigenvalue weighted by atomic mass is 19.4. The van der Waals surface area contributed by atoms with E-state index in [0.29, 0.717) is 0 Å². The first kappa shape index (κ1) is 20.4. The summed E-state index contributed by atoms with van der Waals surface area (Å²) in [5.41, 5.74) is -4.13. The molecule has 13 heteroatoms. The highest BCUT2D eigenvalue weighted by Gasteiger charge is 2.38. The molecule has 0 radical (unpaired) electrons. The molecule has 7 nitrogen and oxygen atoms in total. The summed E-state index contributed by atoms with van der Waals surface area (Å²) in [6.07, 6.45) is -6.97. The van der Waals surface area contributed by atoms with Crippen molar-refractivity contribution in [1.29, 1.82) is 0 Å². The van der Waals surface area contributed by atoms with Gasteiger partial charge in [-0.1, -0.05) is 0 Å². The topological polar surface area (TPSA) is 78.6 Å². The van der Waals surface area contributed by atoms with E-state index in [2.05, 4.69) is 19.7 Å². The number of hydrogen-bond acceptors (Lipinski definition) is 6. The second-order valence-corrected chi connectivity index (χ2v) is 5.59. The first-order valence-electron chi connectivity index (χ1n) is 7.69. The average molecular weight is 420 g/mol. The maximum absolute atomic E-state index is 13.5. The van der Waals surface area contributed by atoms with E-state index < -0.39 is 41.8 Å². The lowest BCUT2D eigenvalue weighted by atomic mass is 10.1. The molecule has 0 aliphatic rings. The molecule has 0 aliphatic heterocycles. The molecule has 3 aromatic rings. The molecule has 0 saturated heterocycles. The largest absolute Gasteiger partial charge is 0.497 e. The number of nitrogens with zero attached hydrogens (tertiary/aromatic N) is 4. The van der Waals surface area contributed by atoms with Crippen molar-refractivity contribution < 1.29 is 35.8 Å². The van der Waals surface area contributed by atoms with E-state index >= 15 is 0 Å². The Morgan fingerprint density at radius 2 is 1.76 bits per heavy atom. The predicted molar refractivity (Wildman–Crippen MR) is 85.6 cm³/mol. The molecule has 0 bridgehead atoms. The van der Waals surface area contributed by atoms with Crippen LogP contribution in [0.4, 0.5) is 26.3 Å².